The molecule has 0 aliphatic carbocycles. The summed E-state index contributed by atoms with van der Waals surface area (Å²) in [5, 5.41) is 23.2. The van der Waals surface area contributed by atoms with Crippen LogP contribution in [0.25, 0.3) is 0 Å². The maximum Gasteiger partial charge on any atom is 0.262 e. The van der Waals surface area contributed by atoms with E-state index < -0.39 is 17.7 Å². The Kier molecular flexibility index (Phi) is 5.56. The molecule has 5 nitrogen and oxygen atoms in total. The van der Waals surface area contributed by atoms with E-state index in [1.807, 2.05) is 13.8 Å². The van der Waals surface area contributed by atoms with E-state index in [0.717, 1.165) is 6.07 Å². The fraction of sp³-hybridized carbons (Fsp3) is 0.381. The number of aromatic hydroxyl groups is 1. The number of carbonyl (C=O) groups excluding carboxylic acids is 1. The highest BCUT2D eigenvalue weighted by atomic mass is 19.1. The van der Waals surface area contributed by atoms with Gasteiger partial charge in [-0.25, -0.2) is 8.78 Å². The Morgan fingerprint density at radius 1 is 1.25 bits per heavy atom. The van der Waals surface area contributed by atoms with Crippen LogP contribution in [0.15, 0.2) is 30.3 Å². The van der Waals surface area contributed by atoms with Crippen LogP contribution in [0.4, 0.5) is 14.5 Å². The van der Waals surface area contributed by atoms with Crippen LogP contribution in [0.2, 0.25) is 0 Å². The Bertz CT molecular complexity index is 898. The molecule has 3 rings (SSSR count). The molecule has 0 radical (unpaired) electrons. The number of hydrogen-bond acceptors (Lipinski definition) is 4. The van der Waals surface area contributed by atoms with E-state index in [4.69, 9.17) is 4.74 Å². The van der Waals surface area contributed by atoms with Gasteiger partial charge in [0, 0.05) is 17.7 Å². The van der Waals surface area contributed by atoms with Crippen molar-refractivity contribution in [2.75, 3.05) is 11.9 Å². The number of phenolic OH excluding ortho intramolecular Hbond substituents is 1. The van der Waals surface area contributed by atoms with E-state index in [0.29, 0.717) is 41.8 Å². The van der Waals surface area contributed by atoms with Crippen LogP contribution >= 0.6 is 0 Å². The number of ether oxygens (including phenoxy) is 1. The van der Waals surface area contributed by atoms with Crippen LogP contribution in [0.1, 0.15) is 43.9 Å². The first-order valence-electron chi connectivity index (χ1n) is 9.06. The number of phenols is 1. The minimum Gasteiger partial charge on any atom is -0.508 e. The molecule has 2 aromatic rings. The van der Waals surface area contributed by atoms with Gasteiger partial charge in [-0.1, -0.05) is 19.9 Å². The second kappa shape index (κ2) is 7.75. The topological polar surface area (TPSA) is 78.8 Å². The fourth-order valence-corrected chi connectivity index (χ4v) is 3.41. The molecule has 0 saturated carbocycles. The predicted molar refractivity (Wildman–Crippen MR) is 100 cm³/mol. The summed E-state index contributed by atoms with van der Waals surface area (Å²) < 4.78 is 32.5. The minimum atomic E-state index is -0.937. The molecule has 7 heteroatoms. The van der Waals surface area contributed by atoms with Gasteiger partial charge in [0.1, 0.15) is 23.1 Å². The number of aliphatic hydroxyl groups excluding tert-OH is 1. The molecule has 3 N–H and O–H groups in total. The number of nitrogens with one attached hydrogen (secondary N) is 1. The van der Waals surface area contributed by atoms with Gasteiger partial charge in [0.25, 0.3) is 5.91 Å². The lowest BCUT2D eigenvalue weighted by atomic mass is 9.80. The van der Waals surface area contributed by atoms with E-state index in [1.165, 1.54) is 24.3 Å². The molecule has 0 unspecified atom stereocenters. The largest absolute Gasteiger partial charge is 0.508 e. The van der Waals surface area contributed by atoms with E-state index in [1.54, 1.807) is 0 Å². The third-order valence-corrected chi connectivity index (χ3v) is 4.86. The maximum atomic E-state index is 13.9. The molecule has 2 aromatic carbocycles. The SMILES string of the molecule is CC(C)(CC[C@H](O)c1cc(O)cc2c1OCC(=O)N2)Cc1ccc(F)cc1F. The number of aliphatic hydroxyl groups is 1. The monoisotopic (exact) mass is 391 g/mol. The second-order valence-electron chi connectivity index (χ2n) is 7.88. The predicted octanol–water partition coefficient (Wildman–Crippen LogP) is 4.08. The van der Waals surface area contributed by atoms with Crippen molar-refractivity contribution in [3.05, 3.63) is 53.1 Å². The average molecular weight is 391 g/mol. The summed E-state index contributed by atoms with van der Waals surface area (Å²) >= 11 is 0. The Labute approximate surface area is 162 Å². The van der Waals surface area contributed by atoms with E-state index >= 15 is 0 Å². The normalized spacial score (nSPS) is 14.8. The summed E-state index contributed by atoms with van der Waals surface area (Å²) in [6.45, 7) is 3.72. The van der Waals surface area contributed by atoms with Crippen LogP contribution in [0.3, 0.4) is 0 Å². The zero-order valence-corrected chi connectivity index (χ0v) is 15.8. The molecule has 1 heterocycles. The van der Waals surface area contributed by atoms with Gasteiger partial charge in [0.15, 0.2) is 6.61 Å². The highest BCUT2D eigenvalue weighted by Gasteiger charge is 2.27. The summed E-state index contributed by atoms with van der Waals surface area (Å²) in [4.78, 5) is 11.5. The first-order valence-corrected chi connectivity index (χ1v) is 9.06. The quantitative estimate of drug-likeness (QED) is 0.693. The molecule has 28 heavy (non-hydrogen) atoms. The van der Waals surface area contributed by atoms with Crippen LogP contribution in [-0.4, -0.2) is 22.7 Å². The van der Waals surface area contributed by atoms with Crippen molar-refractivity contribution in [1.82, 2.24) is 0 Å². The number of halogens is 2. The molecule has 1 aliphatic heterocycles. The van der Waals surface area contributed by atoms with E-state index in [9.17, 15) is 23.8 Å². The zero-order valence-electron chi connectivity index (χ0n) is 15.8. The molecular weight excluding hydrogens is 368 g/mol. The third-order valence-electron chi connectivity index (χ3n) is 4.86. The van der Waals surface area contributed by atoms with Gasteiger partial charge in [0.05, 0.1) is 11.8 Å². The van der Waals surface area contributed by atoms with Crippen molar-refractivity contribution in [2.24, 2.45) is 5.41 Å². The summed E-state index contributed by atoms with van der Waals surface area (Å²) in [5.74, 6) is -1.28. The Hall–Kier alpha value is -2.67. The lowest BCUT2D eigenvalue weighted by Crippen LogP contribution is -2.26. The molecule has 0 fully saturated rings. The average Bonchev–Trinajstić information content (AvgIpc) is 2.61. The number of anilines is 1. The molecule has 1 aliphatic rings. The van der Waals surface area contributed by atoms with Crippen molar-refractivity contribution in [2.45, 2.75) is 39.2 Å². The highest BCUT2D eigenvalue weighted by molar-refractivity contribution is 5.96. The van der Waals surface area contributed by atoms with E-state index in [-0.39, 0.29) is 23.7 Å². The summed E-state index contributed by atoms with van der Waals surface area (Å²) in [7, 11) is 0. The first-order chi connectivity index (χ1) is 13.1. The van der Waals surface area contributed by atoms with Gasteiger partial charge in [-0.15, -0.1) is 0 Å². The second-order valence-corrected chi connectivity index (χ2v) is 7.88. The number of benzene rings is 2. The maximum absolute atomic E-state index is 13.9. The van der Waals surface area contributed by atoms with Crippen LogP contribution in [0, 0.1) is 17.0 Å². The molecule has 0 aromatic heterocycles. The smallest absolute Gasteiger partial charge is 0.262 e. The van der Waals surface area contributed by atoms with Gasteiger partial charge in [-0.2, -0.15) is 0 Å². The van der Waals surface area contributed by atoms with Crippen LogP contribution < -0.4 is 10.1 Å². The molecule has 1 amide bonds. The number of carbonyl (C=O) groups is 1. The molecule has 1 atom stereocenters. The lowest BCUT2D eigenvalue weighted by molar-refractivity contribution is -0.118. The van der Waals surface area contributed by atoms with E-state index in [2.05, 4.69) is 5.32 Å². The number of hydrogen-bond donors (Lipinski definition) is 3. The van der Waals surface area contributed by atoms with Crippen LogP contribution in [-0.2, 0) is 11.2 Å². The fourth-order valence-electron chi connectivity index (χ4n) is 3.41. The summed E-state index contributed by atoms with van der Waals surface area (Å²) in [6.07, 6.45) is 0.328. The molecule has 150 valence electrons. The third kappa shape index (κ3) is 4.59. The van der Waals surface area contributed by atoms with Crippen molar-refractivity contribution < 1.29 is 28.5 Å². The zero-order chi connectivity index (χ0) is 20.5. The summed E-state index contributed by atoms with van der Waals surface area (Å²) in [6, 6.07) is 6.31. The van der Waals surface area contributed by atoms with Gasteiger partial charge >= 0.3 is 0 Å². The van der Waals surface area contributed by atoms with Gasteiger partial charge in [0.2, 0.25) is 0 Å². The Balaban J connectivity index is 1.71. The van der Waals surface area contributed by atoms with Crippen molar-refractivity contribution in [3.63, 3.8) is 0 Å². The Morgan fingerprint density at radius 2 is 2.00 bits per heavy atom. The van der Waals surface area contributed by atoms with Crippen molar-refractivity contribution >= 4 is 11.6 Å². The minimum absolute atomic E-state index is 0.0914. The van der Waals surface area contributed by atoms with Crippen LogP contribution in [0.5, 0.6) is 11.5 Å². The van der Waals surface area contributed by atoms with Gasteiger partial charge in [-0.3, -0.25) is 4.79 Å². The lowest BCUT2D eigenvalue weighted by Gasteiger charge is -2.28. The standard InChI is InChI=1S/C21H23F2NO4/c1-21(2,10-12-3-4-13(22)7-16(12)23)6-5-18(26)15-8-14(25)9-17-20(15)28-11-19(27)24-17/h3-4,7-9,18,25-26H,5-6,10-11H2,1-2H3,(H,24,27)/t18-/m0/s1. The molecule has 0 saturated heterocycles. The van der Waals surface area contributed by atoms with Crippen molar-refractivity contribution in [3.8, 4) is 11.5 Å². The number of amides is 1. The molecular formula is C21H23F2NO4. The van der Waals surface area contributed by atoms with Gasteiger partial charge in [-0.05, 0) is 42.4 Å². The molecule has 0 spiro atoms. The Morgan fingerprint density at radius 3 is 2.71 bits per heavy atom. The number of rotatable bonds is 6. The first kappa shape index (κ1) is 20.1. The summed E-state index contributed by atoms with van der Waals surface area (Å²) in [5.41, 5.74) is 0.768. The molecule has 0 bridgehead atoms. The van der Waals surface area contributed by atoms with Gasteiger partial charge < -0.3 is 20.3 Å². The highest BCUT2D eigenvalue weighted by Crippen LogP contribution is 2.41. The number of fused-ring (bicyclic) bond motifs is 1. The van der Waals surface area contributed by atoms with Crippen molar-refractivity contribution in [1.29, 1.82) is 0 Å².